The van der Waals surface area contributed by atoms with Crippen molar-refractivity contribution in [2.75, 3.05) is 0 Å². The lowest BCUT2D eigenvalue weighted by Gasteiger charge is -2.15. The summed E-state index contributed by atoms with van der Waals surface area (Å²) in [4.78, 5) is 11.7. The molecule has 1 rings (SSSR count). The smallest absolute Gasteiger partial charge is 0.261 e. The van der Waals surface area contributed by atoms with E-state index in [1.807, 2.05) is 13.8 Å². The number of hydrogen-bond donors (Lipinski definition) is 1. The summed E-state index contributed by atoms with van der Waals surface area (Å²) >= 11 is 0. The lowest BCUT2D eigenvalue weighted by molar-refractivity contribution is 0.0930. The highest BCUT2D eigenvalue weighted by Crippen LogP contribution is 2.23. The predicted molar refractivity (Wildman–Crippen MR) is 76.0 cm³/mol. The number of amides is 1. The van der Waals surface area contributed by atoms with E-state index >= 15 is 0 Å². The average Bonchev–Trinajstić information content (AvgIpc) is 2.33. The second-order valence-corrected chi connectivity index (χ2v) is 7.06. The van der Waals surface area contributed by atoms with Crippen LogP contribution in [0.2, 0.25) is 0 Å². The second kappa shape index (κ2) is 6.54. The molecule has 0 saturated carbocycles. The molecule has 0 heterocycles. The number of carbonyl (C=O) groups excluding carboxylic acids is 1. The first-order valence-corrected chi connectivity index (χ1v) is 8.57. The molecule has 1 aromatic rings. The Balaban J connectivity index is 3.22. The highest BCUT2D eigenvalue weighted by atomic mass is 35.7. The summed E-state index contributed by atoms with van der Waals surface area (Å²) < 4.78 is 36.6. The molecule has 0 atom stereocenters. The summed E-state index contributed by atoms with van der Waals surface area (Å²) in [6, 6.07) is 1.89. The van der Waals surface area contributed by atoms with Crippen molar-refractivity contribution in [1.82, 2.24) is 5.32 Å². The molecule has 1 aromatic carbocycles. The molecule has 0 unspecified atom stereocenters. The Morgan fingerprint density at radius 2 is 1.90 bits per heavy atom. The molecule has 112 valence electrons. The van der Waals surface area contributed by atoms with Crippen molar-refractivity contribution in [2.45, 2.75) is 44.6 Å². The molecule has 20 heavy (non-hydrogen) atoms. The van der Waals surface area contributed by atoms with Crippen molar-refractivity contribution < 1.29 is 17.6 Å². The number of aryl methyl sites for hydroxylation is 1. The van der Waals surface area contributed by atoms with Gasteiger partial charge in [-0.3, -0.25) is 4.79 Å². The third-order valence-corrected chi connectivity index (χ3v) is 4.56. The maximum atomic E-state index is 13.8. The Kier molecular flexibility index (Phi) is 5.53. The van der Waals surface area contributed by atoms with Crippen LogP contribution in [0.1, 0.15) is 42.6 Å². The van der Waals surface area contributed by atoms with Crippen molar-refractivity contribution in [3.63, 3.8) is 0 Å². The summed E-state index contributed by atoms with van der Waals surface area (Å²) in [7, 11) is 1.25. The van der Waals surface area contributed by atoms with Crippen LogP contribution in [0.5, 0.6) is 0 Å². The van der Waals surface area contributed by atoms with Gasteiger partial charge in [0, 0.05) is 16.7 Å². The van der Waals surface area contributed by atoms with Gasteiger partial charge in [-0.25, -0.2) is 12.8 Å². The number of rotatable bonds is 5. The fourth-order valence-electron chi connectivity index (χ4n) is 1.85. The SMILES string of the molecule is CCC(CC)NC(=O)c1cc(S(=O)(=O)Cl)c(C)cc1F. The van der Waals surface area contributed by atoms with Gasteiger partial charge in [0.15, 0.2) is 0 Å². The van der Waals surface area contributed by atoms with E-state index in [-0.39, 0.29) is 22.1 Å². The van der Waals surface area contributed by atoms with E-state index in [2.05, 4.69) is 5.32 Å². The first-order chi connectivity index (χ1) is 9.20. The van der Waals surface area contributed by atoms with Crippen molar-refractivity contribution >= 4 is 25.6 Å². The molecule has 4 nitrogen and oxygen atoms in total. The van der Waals surface area contributed by atoms with Crippen LogP contribution in [0.25, 0.3) is 0 Å². The number of carbonyl (C=O) groups is 1. The Hall–Kier alpha value is -1.14. The molecular formula is C13H17ClFNO3S. The topological polar surface area (TPSA) is 63.2 Å². The predicted octanol–water partition coefficient (Wildman–Crippen LogP) is 2.98. The first-order valence-electron chi connectivity index (χ1n) is 6.26. The lowest BCUT2D eigenvalue weighted by atomic mass is 10.1. The second-order valence-electron chi connectivity index (χ2n) is 4.52. The van der Waals surface area contributed by atoms with Gasteiger partial charge in [-0.2, -0.15) is 0 Å². The summed E-state index contributed by atoms with van der Waals surface area (Å²) in [5, 5.41) is 2.65. The van der Waals surface area contributed by atoms with E-state index < -0.39 is 20.8 Å². The van der Waals surface area contributed by atoms with Crippen molar-refractivity contribution in [2.24, 2.45) is 0 Å². The lowest BCUT2D eigenvalue weighted by Crippen LogP contribution is -2.34. The van der Waals surface area contributed by atoms with E-state index in [1.165, 1.54) is 6.92 Å². The zero-order valence-electron chi connectivity index (χ0n) is 11.5. The zero-order valence-corrected chi connectivity index (χ0v) is 13.1. The largest absolute Gasteiger partial charge is 0.349 e. The van der Waals surface area contributed by atoms with E-state index in [0.29, 0.717) is 12.8 Å². The van der Waals surface area contributed by atoms with E-state index in [0.717, 1.165) is 12.1 Å². The van der Waals surface area contributed by atoms with Crippen LogP contribution in [0.15, 0.2) is 17.0 Å². The van der Waals surface area contributed by atoms with Gasteiger partial charge in [-0.05, 0) is 37.5 Å². The molecule has 1 amide bonds. The third kappa shape index (κ3) is 3.93. The molecule has 0 aliphatic carbocycles. The van der Waals surface area contributed by atoms with Crippen LogP contribution in [0.3, 0.4) is 0 Å². The summed E-state index contributed by atoms with van der Waals surface area (Å²) in [5.41, 5.74) is -0.154. The van der Waals surface area contributed by atoms with E-state index in [4.69, 9.17) is 10.7 Å². The quantitative estimate of drug-likeness (QED) is 0.848. The molecule has 1 N–H and O–H groups in total. The van der Waals surface area contributed by atoms with Gasteiger partial charge in [0.1, 0.15) is 5.82 Å². The number of benzene rings is 1. The standard InChI is InChI=1S/C13H17ClFNO3S/c1-4-9(5-2)16-13(17)10-7-12(20(14,18)19)8(3)6-11(10)15/h6-7,9H,4-5H2,1-3H3,(H,16,17). The molecule has 0 aliphatic heterocycles. The van der Waals surface area contributed by atoms with Gasteiger partial charge in [0.25, 0.3) is 15.0 Å². The molecule has 0 bridgehead atoms. The van der Waals surface area contributed by atoms with Crippen LogP contribution in [0.4, 0.5) is 4.39 Å². The van der Waals surface area contributed by atoms with Gasteiger partial charge in [-0.1, -0.05) is 13.8 Å². The third-order valence-electron chi connectivity index (χ3n) is 3.09. The van der Waals surface area contributed by atoms with Crippen molar-refractivity contribution in [3.8, 4) is 0 Å². The number of halogens is 2. The molecule has 0 radical (unpaired) electrons. The fraction of sp³-hybridized carbons (Fsp3) is 0.462. The van der Waals surface area contributed by atoms with Gasteiger partial charge in [0.2, 0.25) is 0 Å². The maximum Gasteiger partial charge on any atom is 0.261 e. The van der Waals surface area contributed by atoms with Gasteiger partial charge in [0.05, 0.1) is 10.5 Å². The summed E-state index contributed by atoms with van der Waals surface area (Å²) in [5.74, 6) is -1.41. The molecule has 7 heteroatoms. The highest BCUT2D eigenvalue weighted by Gasteiger charge is 2.21. The molecule has 0 saturated heterocycles. The van der Waals surface area contributed by atoms with E-state index in [1.54, 1.807) is 0 Å². The minimum absolute atomic E-state index is 0.0840. The van der Waals surface area contributed by atoms with Crippen LogP contribution in [-0.4, -0.2) is 20.4 Å². The van der Waals surface area contributed by atoms with Crippen LogP contribution >= 0.6 is 10.7 Å². The maximum absolute atomic E-state index is 13.8. The molecular weight excluding hydrogens is 305 g/mol. The monoisotopic (exact) mass is 321 g/mol. The number of nitrogens with one attached hydrogen (secondary N) is 1. The number of hydrogen-bond acceptors (Lipinski definition) is 3. The van der Waals surface area contributed by atoms with Crippen molar-refractivity contribution in [1.29, 1.82) is 0 Å². The van der Waals surface area contributed by atoms with E-state index in [9.17, 15) is 17.6 Å². The molecule has 0 fully saturated rings. The van der Waals surface area contributed by atoms with Gasteiger partial charge < -0.3 is 5.32 Å². The highest BCUT2D eigenvalue weighted by molar-refractivity contribution is 8.13. The Bertz CT molecular complexity index is 612. The summed E-state index contributed by atoms with van der Waals surface area (Å²) in [6.45, 7) is 5.21. The molecule has 0 aliphatic rings. The van der Waals surface area contributed by atoms with Crippen LogP contribution in [-0.2, 0) is 9.05 Å². The van der Waals surface area contributed by atoms with Crippen LogP contribution < -0.4 is 5.32 Å². The average molecular weight is 322 g/mol. The Morgan fingerprint density at radius 1 is 1.35 bits per heavy atom. The minimum atomic E-state index is -4.02. The van der Waals surface area contributed by atoms with Crippen molar-refractivity contribution in [3.05, 3.63) is 29.1 Å². The van der Waals surface area contributed by atoms with Gasteiger partial charge in [-0.15, -0.1) is 0 Å². The Labute approximate surface area is 122 Å². The Morgan fingerprint density at radius 3 is 2.35 bits per heavy atom. The van der Waals surface area contributed by atoms with Crippen LogP contribution in [0, 0.1) is 12.7 Å². The summed E-state index contributed by atoms with van der Waals surface area (Å²) in [6.07, 6.45) is 1.41. The normalized spacial score (nSPS) is 11.7. The zero-order chi connectivity index (χ0) is 15.5. The minimum Gasteiger partial charge on any atom is -0.349 e. The first kappa shape index (κ1) is 16.9. The molecule has 0 aromatic heterocycles. The molecule has 0 spiro atoms. The fourth-order valence-corrected chi connectivity index (χ4v) is 3.05. The van der Waals surface area contributed by atoms with Gasteiger partial charge >= 0.3 is 0 Å².